The van der Waals surface area contributed by atoms with Crippen molar-refractivity contribution in [2.45, 2.75) is 57.9 Å². The van der Waals surface area contributed by atoms with Crippen LogP contribution in [0.25, 0.3) is 0 Å². The molecule has 4 rings (SSSR count). The van der Waals surface area contributed by atoms with Crippen molar-refractivity contribution < 1.29 is 23.9 Å². The average Bonchev–Trinajstić information content (AvgIpc) is 3.19. The Hall–Kier alpha value is -3.46. The van der Waals surface area contributed by atoms with E-state index in [1.54, 1.807) is 11.0 Å². The topological polar surface area (TPSA) is 77.1 Å². The Kier molecular flexibility index (Phi) is 9.56. The summed E-state index contributed by atoms with van der Waals surface area (Å²) < 4.78 is 11.3. The van der Waals surface area contributed by atoms with Crippen molar-refractivity contribution in [3.05, 3.63) is 101 Å². The molecule has 1 N–H and O–H groups in total. The summed E-state index contributed by atoms with van der Waals surface area (Å²) in [6.45, 7) is 6.76. The maximum absolute atomic E-state index is 13.6. The zero-order valence-electron chi connectivity index (χ0n) is 23.2. The third-order valence-electron chi connectivity index (χ3n) is 6.82. The van der Waals surface area contributed by atoms with Crippen LogP contribution in [0.1, 0.15) is 77.4 Å². The lowest BCUT2D eigenvalue weighted by Crippen LogP contribution is -2.51. The number of rotatable bonds is 13. The van der Waals surface area contributed by atoms with Crippen LogP contribution in [0.3, 0.4) is 0 Å². The number of carbonyl (C=O) groups excluding carboxylic acids is 2. The molecule has 2 unspecified atom stereocenters. The van der Waals surface area contributed by atoms with Gasteiger partial charge in [-0.25, -0.2) is 10.3 Å². The molecule has 0 spiro atoms. The third kappa shape index (κ3) is 6.08. The molecule has 1 heterocycles. The minimum atomic E-state index is -1.34. The number of nitrogens with zero attached hydrogens (tertiary/aromatic N) is 1. The van der Waals surface area contributed by atoms with Gasteiger partial charge in [-0.1, -0.05) is 68.8 Å². The van der Waals surface area contributed by atoms with E-state index in [0.29, 0.717) is 34.5 Å². The van der Waals surface area contributed by atoms with Gasteiger partial charge in [0.15, 0.2) is 6.79 Å². The molecule has 0 radical (unpaired) electrons. The Labute approximate surface area is 233 Å². The first-order chi connectivity index (χ1) is 18.9. The van der Waals surface area contributed by atoms with E-state index in [2.05, 4.69) is 12.4 Å². The molecule has 0 saturated carbocycles. The van der Waals surface area contributed by atoms with Crippen LogP contribution in [-0.4, -0.2) is 46.0 Å². The lowest BCUT2D eigenvalue weighted by atomic mass is 9.93. The number of hydrogen-bond donors (Lipinski definition) is 1. The van der Waals surface area contributed by atoms with Gasteiger partial charge < -0.3 is 14.4 Å². The van der Waals surface area contributed by atoms with E-state index in [-0.39, 0.29) is 24.3 Å². The monoisotopic (exact) mass is 546 g/mol. The van der Waals surface area contributed by atoms with Crippen LogP contribution in [0.15, 0.2) is 72.8 Å². The Morgan fingerprint density at radius 2 is 1.72 bits per heavy atom. The van der Waals surface area contributed by atoms with Crippen LogP contribution < -0.4 is 10.2 Å². The van der Waals surface area contributed by atoms with E-state index >= 15 is 0 Å². The Morgan fingerprint density at radius 1 is 1.00 bits per heavy atom. The predicted molar refractivity (Wildman–Crippen MR) is 155 cm³/mol. The highest BCUT2D eigenvalue weighted by Gasteiger charge is 2.53. The van der Waals surface area contributed by atoms with Crippen LogP contribution in [0.2, 0.25) is 0 Å². The molecule has 1 aliphatic heterocycles. The van der Waals surface area contributed by atoms with E-state index in [0.717, 1.165) is 41.5 Å². The number of hydroxylamine groups is 1. The third-order valence-corrected chi connectivity index (χ3v) is 7.15. The fourth-order valence-corrected chi connectivity index (χ4v) is 5.02. The van der Waals surface area contributed by atoms with Crippen LogP contribution in [0, 0.1) is 0 Å². The van der Waals surface area contributed by atoms with Gasteiger partial charge in [0.2, 0.25) is 5.72 Å². The highest BCUT2D eigenvalue weighted by Crippen LogP contribution is 2.45. The number of carbonyl (C=O) groups is 2. The van der Waals surface area contributed by atoms with Crippen LogP contribution in [0.4, 0.5) is 0 Å². The summed E-state index contributed by atoms with van der Waals surface area (Å²) in [4.78, 5) is 35.2. The minimum Gasteiger partial charge on any atom is -0.468 e. The SMILES string of the molecule is CCCCc1ccccc1C(=O)NOC1(c2ccc(OCOC(C)[SiH3])cc2)c2ccccc2C(=O)N1CCC. The maximum Gasteiger partial charge on any atom is 0.275 e. The number of amides is 2. The lowest BCUT2D eigenvalue weighted by molar-refractivity contribution is -0.143. The smallest absolute Gasteiger partial charge is 0.275 e. The second-order valence-electron chi connectivity index (χ2n) is 9.94. The highest BCUT2D eigenvalue weighted by molar-refractivity contribution is 6.10. The number of hydrogen-bond acceptors (Lipinski definition) is 5. The highest BCUT2D eigenvalue weighted by atomic mass is 28.1. The second kappa shape index (κ2) is 13.1. The molecular formula is C31H38N2O5Si. The first kappa shape index (κ1) is 28.5. The maximum atomic E-state index is 13.6. The number of fused-ring (bicyclic) bond motifs is 1. The van der Waals surface area contributed by atoms with Gasteiger partial charge in [0, 0.05) is 44.8 Å². The van der Waals surface area contributed by atoms with Gasteiger partial charge in [0.1, 0.15) is 5.75 Å². The van der Waals surface area contributed by atoms with E-state index < -0.39 is 5.72 Å². The van der Waals surface area contributed by atoms with E-state index in [1.165, 1.54) is 0 Å². The first-order valence-corrected chi connectivity index (χ1v) is 14.9. The summed E-state index contributed by atoms with van der Waals surface area (Å²) in [5.74, 6) is 0.160. The molecule has 0 saturated heterocycles. The standard InChI is InChI=1S/C31H38N2O5Si/c1-4-6-11-23-12-7-8-13-26(23)29(34)32-38-31(24-16-18-25(19-17-24)37-21-36-22(3)39)28-15-10-9-14-27(28)30(35)33(31)20-5-2/h7-10,12-19,22H,4-6,11,20-21H2,1-3,39H3,(H,32,34). The Morgan fingerprint density at radius 3 is 2.44 bits per heavy atom. The van der Waals surface area contributed by atoms with E-state index in [9.17, 15) is 9.59 Å². The quantitative estimate of drug-likeness (QED) is 0.194. The first-order valence-electron chi connectivity index (χ1n) is 13.7. The van der Waals surface area contributed by atoms with E-state index in [4.69, 9.17) is 14.3 Å². The van der Waals surface area contributed by atoms with Gasteiger partial charge in [-0.15, -0.1) is 0 Å². The van der Waals surface area contributed by atoms with Crippen molar-refractivity contribution >= 4 is 22.1 Å². The number of aryl methyl sites for hydroxylation is 1. The molecule has 1 aliphatic rings. The predicted octanol–water partition coefficient (Wildman–Crippen LogP) is 4.52. The van der Waals surface area contributed by atoms with Crippen molar-refractivity contribution in [2.75, 3.05) is 13.3 Å². The van der Waals surface area contributed by atoms with Crippen molar-refractivity contribution in [1.82, 2.24) is 10.4 Å². The van der Waals surface area contributed by atoms with Crippen LogP contribution in [-0.2, 0) is 21.7 Å². The van der Waals surface area contributed by atoms with Gasteiger partial charge in [0.05, 0.1) is 0 Å². The van der Waals surface area contributed by atoms with Gasteiger partial charge in [-0.3, -0.25) is 9.59 Å². The summed E-state index contributed by atoms with van der Waals surface area (Å²) in [6, 6.07) is 22.4. The van der Waals surface area contributed by atoms with Crippen molar-refractivity contribution in [3.63, 3.8) is 0 Å². The molecule has 39 heavy (non-hydrogen) atoms. The largest absolute Gasteiger partial charge is 0.468 e. The van der Waals surface area contributed by atoms with Gasteiger partial charge in [-0.05, 0) is 56.0 Å². The van der Waals surface area contributed by atoms with Crippen LogP contribution in [0.5, 0.6) is 5.75 Å². The summed E-state index contributed by atoms with van der Waals surface area (Å²) >= 11 is 0. The molecule has 7 nitrogen and oxygen atoms in total. The number of unbranched alkanes of at least 4 members (excludes halogenated alkanes) is 1. The molecule has 3 aromatic carbocycles. The summed E-state index contributed by atoms with van der Waals surface area (Å²) in [7, 11) is 0.923. The molecular weight excluding hydrogens is 508 g/mol. The summed E-state index contributed by atoms with van der Waals surface area (Å²) in [6.07, 6.45) is 3.54. The summed E-state index contributed by atoms with van der Waals surface area (Å²) in [5.41, 5.74) is 5.07. The molecule has 0 fully saturated rings. The van der Waals surface area contributed by atoms with Crippen molar-refractivity contribution in [2.24, 2.45) is 0 Å². The second-order valence-corrected chi connectivity index (χ2v) is 11.6. The Bertz CT molecular complexity index is 1280. The molecule has 0 aromatic heterocycles. The minimum absolute atomic E-state index is 0.139. The molecule has 3 aromatic rings. The van der Waals surface area contributed by atoms with Crippen LogP contribution >= 0.6 is 0 Å². The number of ether oxygens (including phenoxy) is 2. The molecule has 206 valence electrons. The number of nitrogens with one attached hydrogen (secondary N) is 1. The fraction of sp³-hybridized carbons (Fsp3) is 0.355. The average molecular weight is 547 g/mol. The zero-order valence-corrected chi connectivity index (χ0v) is 25.2. The van der Waals surface area contributed by atoms with E-state index in [1.807, 2.05) is 80.6 Å². The van der Waals surface area contributed by atoms with Crippen molar-refractivity contribution in [1.29, 1.82) is 0 Å². The molecule has 2 amide bonds. The summed E-state index contributed by atoms with van der Waals surface area (Å²) in [5, 5.41) is 0. The molecule has 0 aliphatic carbocycles. The van der Waals surface area contributed by atoms with Gasteiger partial charge in [-0.2, -0.15) is 0 Å². The van der Waals surface area contributed by atoms with Crippen molar-refractivity contribution in [3.8, 4) is 5.75 Å². The lowest BCUT2D eigenvalue weighted by Gasteiger charge is -2.38. The molecule has 0 bridgehead atoms. The normalized spacial score (nSPS) is 17.2. The van der Waals surface area contributed by atoms with Gasteiger partial charge in [0.25, 0.3) is 11.8 Å². The van der Waals surface area contributed by atoms with Gasteiger partial charge >= 0.3 is 0 Å². The molecule has 2 atom stereocenters. The molecule has 8 heteroatoms. The zero-order chi connectivity index (χ0) is 27.8. The number of benzene rings is 3. The fourth-order valence-electron chi connectivity index (χ4n) is 4.88. The Balaban J connectivity index is 1.71.